The normalized spacial score (nSPS) is 17.1. The van der Waals surface area contributed by atoms with E-state index in [0.717, 1.165) is 25.7 Å². The summed E-state index contributed by atoms with van der Waals surface area (Å²) in [4.78, 5) is 12.8. The van der Waals surface area contributed by atoms with Crippen molar-refractivity contribution in [1.29, 1.82) is 0 Å². The summed E-state index contributed by atoms with van der Waals surface area (Å²) in [6.45, 7) is 3.31. The molecule has 63 heavy (non-hydrogen) atoms. The van der Waals surface area contributed by atoms with Crippen LogP contribution in [0, 0.1) is 142 Å². The largest absolute Gasteiger partial charge is 0.394 e. The van der Waals surface area contributed by atoms with Gasteiger partial charge in [-0.2, -0.15) is 0 Å². The fourth-order valence-corrected chi connectivity index (χ4v) is 5.91. The van der Waals surface area contributed by atoms with Crippen LogP contribution in [0.5, 0.6) is 0 Å². The van der Waals surface area contributed by atoms with E-state index < -0.39 is 55.2 Å². The van der Waals surface area contributed by atoms with Crippen molar-refractivity contribution in [2.75, 3.05) is 6.61 Å². The number of carbonyl (C=O) groups is 1. The molecule has 7 atom stereocenters. The van der Waals surface area contributed by atoms with Gasteiger partial charge < -0.3 is 30.5 Å². The first kappa shape index (κ1) is 54.9. The number of unbranched alkanes of at least 4 members (excludes halogenated alkanes) is 11. The minimum atomic E-state index is -1.45. The van der Waals surface area contributed by atoms with Gasteiger partial charge >= 0.3 is 0 Å². The number of amides is 1. The van der Waals surface area contributed by atoms with Gasteiger partial charge in [-0.15, -0.1) is 4.33 Å². The average molecular weight is 870 g/mol. The van der Waals surface area contributed by atoms with Crippen LogP contribution in [0.15, 0.2) is 12.2 Å². The molecule has 5 unspecified atom stereocenters. The Morgan fingerprint density at radius 2 is 1.13 bits per heavy atom. The summed E-state index contributed by atoms with van der Waals surface area (Å²) in [5, 5.41) is 56.8. The second-order valence-electron chi connectivity index (χ2n) is 13.2. The second kappa shape index (κ2) is 40.0. The lowest BCUT2D eigenvalue weighted by Crippen LogP contribution is -2.59. The molecule has 0 saturated carbocycles. The Hall–Kier alpha value is -6.08. The molecular formula is C51H51NO10S. The fourth-order valence-electron chi connectivity index (χ4n) is 5.54. The lowest BCUT2D eigenvalue weighted by Gasteiger charge is -2.41. The fraction of sp³-hybridized carbons (Fsp3) is 0.471. The third-order valence-corrected chi connectivity index (χ3v) is 9.00. The highest BCUT2D eigenvalue weighted by Gasteiger charge is 2.45. The summed E-state index contributed by atoms with van der Waals surface area (Å²) in [6.07, 6.45) is 10.4. The van der Waals surface area contributed by atoms with Gasteiger partial charge in [-0.05, 0) is 127 Å². The Morgan fingerprint density at radius 1 is 0.683 bits per heavy atom. The summed E-state index contributed by atoms with van der Waals surface area (Å²) in [5.74, 6) is 59.1. The first-order valence-electron chi connectivity index (χ1n) is 20.4. The average Bonchev–Trinajstić information content (AvgIpc) is 3.28. The van der Waals surface area contributed by atoms with E-state index >= 15 is 0 Å². The zero-order valence-corrected chi connectivity index (χ0v) is 36.3. The van der Waals surface area contributed by atoms with E-state index in [1.54, 1.807) is 13.0 Å². The van der Waals surface area contributed by atoms with Crippen LogP contribution in [0.1, 0.15) is 104 Å². The van der Waals surface area contributed by atoms with Gasteiger partial charge in [0.1, 0.15) is 24.4 Å². The standard InChI is InChI=1S/C51H51NO10S/c1-3-5-7-9-11-13-15-17-18-19-20-21-22-23-24-25-26-28-30-32-34-36-38-40-48(55)52-44(45(54)39-37-35-33-31-29-27-16-14-12-10-8-6-4-2)41-42-46-49(56)51(60-63-62-61-58)50(57)47(43-53)59-46/h37,39,44-47,49-51,53-54,56-58H,4,6,8,10,12,14,16,27,29,31,33,35,41-43H2,1-2H3,(H,52,55)/t44-,45+,46?,47?,49?,50?,51?/m0/s1. The minimum absolute atomic E-state index is 0.0611. The lowest BCUT2D eigenvalue weighted by atomic mass is 9.91. The van der Waals surface area contributed by atoms with Crippen molar-refractivity contribution in [3.63, 3.8) is 0 Å². The maximum absolute atomic E-state index is 12.8. The van der Waals surface area contributed by atoms with Crippen molar-refractivity contribution in [2.45, 2.75) is 146 Å². The number of rotatable bonds is 23. The summed E-state index contributed by atoms with van der Waals surface area (Å²) in [5.41, 5.74) is 0. The number of ether oxygens (including phenoxy) is 1. The summed E-state index contributed by atoms with van der Waals surface area (Å²) < 4.78 is 15.1. The molecule has 0 aromatic rings. The molecule has 0 bridgehead atoms. The van der Waals surface area contributed by atoms with E-state index in [-0.39, 0.29) is 25.2 Å². The highest BCUT2D eigenvalue weighted by Crippen LogP contribution is 2.29. The predicted molar refractivity (Wildman–Crippen MR) is 241 cm³/mol. The summed E-state index contributed by atoms with van der Waals surface area (Å²) in [7, 11) is 0. The van der Waals surface area contributed by atoms with Crippen molar-refractivity contribution >= 4 is 18.2 Å². The first-order valence-corrected chi connectivity index (χ1v) is 21.1. The number of nitrogens with one attached hydrogen (secondary N) is 1. The van der Waals surface area contributed by atoms with Gasteiger partial charge in [-0.1, -0.05) is 94.2 Å². The molecule has 1 aliphatic rings. The predicted octanol–water partition coefficient (Wildman–Crippen LogP) is 3.78. The van der Waals surface area contributed by atoms with Crippen molar-refractivity contribution < 1.29 is 48.8 Å². The van der Waals surface area contributed by atoms with Crippen LogP contribution in [-0.2, 0) is 23.1 Å². The van der Waals surface area contributed by atoms with Gasteiger partial charge in [0.2, 0.25) is 0 Å². The highest BCUT2D eigenvalue weighted by atomic mass is 32.2. The van der Waals surface area contributed by atoms with Gasteiger partial charge in [-0.3, -0.25) is 8.98 Å². The second-order valence-corrected chi connectivity index (χ2v) is 13.6. The summed E-state index contributed by atoms with van der Waals surface area (Å²) >= 11 is 0.163. The smallest absolute Gasteiger partial charge is 0.297 e. The van der Waals surface area contributed by atoms with Crippen LogP contribution in [0.2, 0.25) is 0 Å². The Bertz CT molecular complexity index is 2240. The number of allylic oxidation sites excluding steroid dienone is 1. The maximum atomic E-state index is 12.8. The lowest BCUT2D eigenvalue weighted by molar-refractivity contribution is -0.434. The molecule has 1 amide bonds. The molecule has 1 rings (SSSR count). The third-order valence-electron chi connectivity index (χ3n) is 8.59. The topological polar surface area (TPSA) is 167 Å². The SMILES string of the molecule is CC#CC#CC#CC#CC#CC#CC#CC#CC#CC#CC#CC#CC(=O)N[C@@H](CCC1OC(CO)C(O)C(OSOOO)C1O)[C@H](O)C=CCCCCCCCCCCCCC. The number of aliphatic hydroxyl groups excluding tert-OH is 4. The van der Waals surface area contributed by atoms with Crippen molar-refractivity contribution in [2.24, 2.45) is 0 Å². The molecule has 12 heteroatoms. The number of hydrogen-bond donors (Lipinski definition) is 6. The molecule has 1 heterocycles. The highest BCUT2D eigenvalue weighted by molar-refractivity contribution is 7.89. The van der Waals surface area contributed by atoms with Gasteiger partial charge in [0, 0.05) is 41.4 Å². The van der Waals surface area contributed by atoms with Crippen LogP contribution in [0.4, 0.5) is 0 Å². The monoisotopic (exact) mass is 869 g/mol. The molecule has 1 aliphatic heterocycles. The van der Waals surface area contributed by atoms with Crippen molar-refractivity contribution in [3.8, 4) is 142 Å². The zero-order valence-electron chi connectivity index (χ0n) is 35.5. The Kier molecular flexibility index (Phi) is 34.9. The molecule has 6 N–H and O–H groups in total. The van der Waals surface area contributed by atoms with Gasteiger partial charge in [0.05, 0.1) is 24.9 Å². The van der Waals surface area contributed by atoms with Crippen molar-refractivity contribution in [1.82, 2.24) is 5.32 Å². The number of aliphatic hydroxyl groups is 4. The number of carbonyl (C=O) groups excluding carboxylic acids is 1. The first-order chi connectivity index (χ1) is 30.9. The molecular weight excluding hydrogens is 819 g/mol. The maximum Gasteiger partial charge on any atom is 0.297 e. The zero-order chi connectivity index (χ0) is 45.9. The minimum Gasteiger partial charge on any atom is -0.394 e. The van der Waals surface area contributed by atoms with E-state index in [2.05, 4.69) is 164 Å². The van der Waals surface area contributed by atoms with Crippen LogP contribution in [0.25, 0.3) is 0 Å². The molecule has 0 spiro atoms. The van der Waals surface area contributed by atoms with Crippen LogP contribution in [-0.4, -0.2) is 80.9 Å². The van der Waals surface area contributed by atoms with E-state index in [1.165, 1.54) is 51.4 Å². The quantitative estimate of drug-likeness (QED) is 0.0221. The molecule has 0 radical (unpaired) electrons. The molecule has 0 aliphatic carbocycles. The Balaban J connectivity index is 2.83. The molecule has 11 nitrogen and oxygen atoms in total. The van der Waals surface area contributed by atoms with Gasteiger partial charge in [-0.25, -0.2) is 5.26 Å². The molecule has 1 saturated heterocycles. The molecule has 326 valence electrons. The van der Waals surface area contributed by atoms with E-state index in [1.807, 2.05) is 6.08 Å². The Morgan fingerprint density at radius 3 is 1.59 bits per heavy atom. The number of hydrogen-bond acceptors (Lipinski definition) is 11. The van der Waals surface area contributed by atoms with Crippen LogP contribution < -0.4 is 5.32 Å². The van der Waals surface area contributed by atoms with E-state index in [0.29, 0.717) is 0 Å². The van der Waals surface area contributed by atoms with Gasteiger partial charge in [0.15, 0.2) is 12.3 Å². The third kappa shape index (κ3) is 29.8. The molecule has 1 fully saturated rings. The van der Waals surface area contributed by atoms with Crippen molar-refractivity contribution in [3.05, 3.63) is 12.2 Å². The van der Waals surface area contributed by atoms with E-state index in [4.69, 9.17) is 14.2 Å². The molecule has 0 aromatic carbocycles. The Labute approximate surface area is 378 Å². The molecule has 0 aromatic heterocycles. The van der Waals surface area contributed by atoms with Gasteiger partial charge in [0.25, 0.3) is 5.91 Å². The van der Waals surface area contributed by atoms with Crippen LogP contribution >= 0.6 is 12.3 Å². The van der Waals surface area contributed by atoms with Crippen LogP contribution in [0.3, 0.4) is 0 Å². The van der Waals surface area contributed by atoms with E-state index in [9.17, 15) is 25.2 Å². The summed E-state index contributed by atoms with van der Waals surface area (Å²) in [6, 6.07) is -0.867.